The summed E-state index contributed by atoms with van der Waals surface area (Å²) in [5.41, 5.74) is 0. The smallest absolute Gasteiger partial charge is 0.306 e. The van der Waals surface area contributed by atoms with Crippen LogP contribution in [-0.4, -0.2) is 47.6 Å². The number of carbonyl (C=O) groups is 2. The highest BCUT2D eigenvalue weighted by Crippen LogP contribution is 2.13. The van der Waals surface area contributed by atoms with Gasteiger partial charge in [-0.1, -0.05) is 127 Å². The third-order valence-corrected chi connectivity index (χ3v) is 6.91. The van der Waals surface area contributed by atoms with Crippen molar-refractivity contribution in [3.63, 3.8) is 0 Å². The Balaban J connectivity index is 3.86. The molecule has 0 rings (SSSR count). The van der Waals surface area contributed by atoms with Crippen molar-refractivity contribution in [1.82, 2.24) is 0 Å². The second kappa shape index (κ2) is 30.3. The van der Waals surface area contributed by atoms with E-state index in [1.165, 1.54) is 51.4 Å². The third-order valence-electron chi connectivity index (χ3n) is 6.91. The van der Waals surface area contributed by atoms with E-state index in [1.54, 1.807) is 6.08 Å². The van der Waals surface area contributed by atoms with E-state index in [0.29, 0.717) is 19.3 Å². The van der Waals surface area contributed by atoms with Gasteiger partial charge in [0.15, 0.2) is 6.10 Å². The molecule has 242 valence electrons. The average Bonchev–Trinajstić information content (AvgIpc) is 2.96. The molecule has 0 amide bonds. The van der Waals surface area contributed by atoms with E-state index in [0.717, 1.165) is 44.4 Å². The van der Waals surface area contributed by atoms with E-state index in [9.17, 15) is 19.8 Å². The number of hydrogen-bond donors (Lipinski definition) is 2. The fourth-order valence-corrected chi connectivity index (χ4v) is 4.31. The van der Waals surface area contributed by atoms with Gasteiger partial charge in [-0.05, 0) is 50.9 Å². The predicted octanol–water partition coefficient (Wildman–Crippen LogP) is 8.72. The molecule has 0 aromatic heterocycles. The lowest BCUT2D eigenvalue weighted by Crippen LogP contribution is -2.28. The summed E-state index contributed by atoms with van der Waals surface area (Å²) in [6.07, 6.45) is 32.1. The van der Waals surface area contributed by atoms with Gasteiger partial charge < -0.3 is 19.7 Å². The Bertz CT molecular complexity index is 752. The van der Waals surface area contributed by atoms with Gasteiger partial charge in [0.1, 0.15) is 6.61 Å². The van der Waals surface area contributed by atoms with E-state index in [1.807, 2.05) is 18.2 Å². The Morgan fingerprint density at radius 2 is 1.36 bits per heavy atom. The molecule has 0 aromatic carbocycles. The molecule has 42 heavy (non-hydrogen) atoms. The van der Waals surface area contributed by atoms with Gasteiger partial charge in [0.05, 0.1) is 12.7 Å². The Morgan fingerprint density at radius 1 is 0.714 bits per heavy atom. The van der Waals surface area contributed by atoms with Crippen LogP contribution in [0.15, 0.2) is 48.6 Å². The number of hydrogen-bond acceptors (Lipinski definition) is 6. The zero-order valence-electron chi connectivity index (χ0n) is 27.0. The highest BCUT2D eigenvalue weighted by Gasteiger charge is 2.16. The first-order valence-corrected chi connectivity index (χ1v) is 16.7. The summed E-state index contributed by atoms with van der Waals surface area (Å²) in [6.45, 7) is 6.19. The van der Waals surface area contributed by atoms with E-state index in [2.05, 4.69) is 45.1 Å². The molecule has 0 unspecified atom stereocenters. The Kier molecular flexibility index (Phi) is 28.7. The summed E-state index contributed by atoms with van der Waals surface area (Å²) in [5, 5.41) is 19.6. The normalized spacial score (nSPS) is 13.7. The van der Waals surface area contributed by atoms with Crippen LogP contribution in [0.3, 0.4) is 0 Å². The highest BCUT2D eigenvalue weighted by molar-refractivity contribution is 5.70. The third kappa shape index (κ3) is 29.3. The van der Waals surface area contributed by atoms with Crippen LogP contribution >= 0.6 is 0 Å². The number of aliphatic hydroxyl groups is 2. The minimum absolute atomic E-state index is 0.125. The van der Waals surface area contributed by atoms with Crippen LogP contribution in [0, 0.1) is 5.92 Å². The summed E-state index contributed by atoms with van der Waals surface area (Å²) in [5.74, 6) is -0.0238. The Morgan fingerprint density at radius 3 is 2.05 bits per heavy atom. The zero-order chi connectivity index (χ0) is 31.1. The van der Waals surface area contributed by atoms with Crippen LogP contribution in [0.5, 0.6) is 0 Å². The minimum atomic E-state index is -0.863. The summed E-state index contributed by atoms with van der Waals surface area (Å²) in [4.78, 5) is 24.1. The van der Waals surface area contributed by atoms with E-state index in [4.69, 9.17) is 9.47 Å². The maximum atomic E-state index is 12.1. The molecule has 0 fully saturated rings. The van der Waals surface area contributed by atoms with Crippen molar-refractivity contribution >= 4 is 11.9 Å². The molecule has 0 spiro atoms. The lowest BCUT2D eigenvalue weighted by molar-refractivity contribution is -0.161. The maximum Gasteiger partial charge on any atom is 0.306 e. The molecular weight excluding hydrogens is 528 g/mol. The molecule has 2 N–H and O–H groups in total. The molecule has 0 heterocycles. The molecule has 0 aromatic rings. The van der Waals surface area contributed by atoms with Gasteiger partial charge in [0.25, 0.3) is 0 Å². The molecule has 0 saturated heterocycles. The van der Waals surface area contributed by atoms with Crippen molar-refractivity contribution in [2.24, 2.45) is 5.92 Å². The quantitative estimate of drug-likeness (QED) is 0.0410. The first-order chi connectivity index (χ1) is 20.4. The number of rotatable bonds is 28. The van der Waals surface area contributed by atoms with Crippen molar-refractivity contribution in [2.75, 3.05) is 13.2 Å². The topological polar surface area (TPSA) is 93.1 Å². The minimum Gasteiger partial charge on any atom is -0.462 e. The first-order valence-electron chi connectivity index (χ1n) is 16.7. The van der Waals surface area contributed by atoms with Gasteiger partial charge in [0.2, 0.25) is 0 Å². The molecule has 0 aliphatic heterocycles. The van der Waals surface area contributed by atoms with Crippen LogP contribution < -0.4 is 0 Å². The average molecular weight is 591 g/mol. The van der Waals surface area contributed by atoms with Gasteiger partial charge in [-0.3, -0.25) is 9.59 Å². The van der Waals surface area contributed by atoms with E-state index < -0.39 is 24.8 Å². The van der Waals surface area contributed by atoms with E-state index in [-0.39, 0.29) is 19.0 Å². The van der Waals surface area contributed by atoms with Crippen molar-refractivity contribution < 1.29 is 29.3 Å². The number of allylic oxidation sites excluding steroid dienone is 7. The molecule has 2 atom stereocenters. The van der Waals surface area contributed by atoms with Crippen LogP contribution in [0.2, 0.25) is 0 Å². The standard InChI is InChI=1S/C36H62O6/c1-4-5-6-7-8-9-10-11-12-13-16-19-22-26-33(38)27-24-29-36(40)42-34(30-37)31-41-35(39)28-23-20-17-14-15-18-21-25-32(2)3/h8-9,11-12,16,19,22,26,32-34,37-38H,4-7,10,13-15,17-18,20-21,23-25,27-31H2,1-3H3/b9-8-,12-11-,19-16-,26-22+/t33-,34-/m0/s1. The van der Waals surface area contributed by atoms with Gasteiger partial charge in [-0.15, -0.1) is 0 Å². The summed E-state index contributed by atoms with van der Waals surface area (Å²) >= 11 is 0. The van der Waals surface area contributed by atoms with Crippen LogP contribution in [0.1, 0.15) is 136 Å². The van der Waals surface area contributed by atoms with Crippen molar-refractivity contribution in [3.05, 3.63) is 48.6 Å². The first kappa shape index (κ1) is 39.8. The molecule has 0 saturated carbocycles. The highest BCUT2D eigenvalue weighted by atomic mass is 16.6. The van der Waals surface area contributed by atoms with Gasteiger partial charge >= 0.3 is 11.9 Å². The van der Waals surface area contributed by atoms with Crippen LogP contribution in [0.4, 0.5) is 0 Å². The molecule has 0 aliphatic carbocycles. The zero-order valence-corrected chi connectivity index (χ0v) is 27.0. The van der Waals surface area contributed by atoms with Gasteiger partial charge in [-0.2, -0.15) is 0 Å². The summed E-state index contributed by atoms with van der Waals surface area (Å²) in [6, 6.07) is 0. The predicted molar refractivity (Wildman–Crippen MR) is 174 cm³/mol. The van der Waals surface area contributed by atoms with Gasteiger partial charge in [0, 0.05) is 12.8 Å². The SMILES string of the molecule is CCCCC/C=C\C/C=C\C/C=C\C=C\[C@H](O)CCCC(=O)O[C@@H](CO)COC(=O)CCCCCCCCCC(C)C. The number of aliphatic hydroxyl groups excluding tert-OH is 2. The monoisotopic (exact) mass is 590 g/mol. The number of ether oxygens (including phenoxy) is 2. The molecule has 6 nitrogen and oxygen atoms in total. The number of esters is 2. The van der Waals surface area contributed by atoms with Crippen LogP contribution in [-0.2, 0) is 19.1 Å². The van der Waals surface area contributed by atoms with Crippen molar-refractivity contribution in [3.8, 4) is 0 Å². The molecule has 6 heteroatoms. The summed E-state index contributed by atoms with van der Waals surface area (Å²) < 4.78 is 10.4. The second-order valence-corrected chi connectivity index (χ2v) is 11.6. The Hall–Kier alpha value is -2.18. The number of carbonyl (C=O) groups excluding carboxylic acids is 2. The fourth-order valence-electron chi connectivity index (χ4n) is 4.31. The lowest BCUT2D eigenvalue weighted by Gasteiger charge is -2.16. The second-order valence-electron chi connectivity index (χ2n) is 11.6. The lowest BCUT2D eigenvalue weighted by atomic mass is 10.0. The Labute approximate surface area is 257 Å². The summed E-state index contributed by atoms with van der Waals surface area (Å²) in [7, 11) is 0. The largest absolute Gasteiger partial charge is 0.462 e. The number of unbranched alkanes of at least 4 members (excludes halogenated alkanes) is 9. The van der Waals surface area contributed by atoms with E-state index >= 15 is 0 Å². The van der Waals surface area contributed by atoms with Gasteiger partial charge in [-0.25, -0.2) is 0 Å². The van der Waals surface area contributed by atoms with Crippen molar-refractivity contribution in [2.45, 2.75) is 149 Å². The fraction of sp³-hybridized carbons (Fsp3) is 0.722. The van der Waals surface area contributed by atoms with Crippen LogP contribution in [0.25, 0.3) is 0 Å². The van der Waals surface area contributed by atoms with Crippen molar-refractivity contribution in [1.29, 1.82) is 0 Å². The molecule has 0 bridgehead atoms. The maximum absolute atomic E-state index is 12.1. The molecule has 0 aliphatic rings. The molecular formula is C36H62O6. The molecule has 0 radical (unpaired) electrons.